The molecule has 10 heteroatoms. The predicted octanol–water partition coefficient (Wildman–Crippen LogP) is 6.47. The number of benzene rings is 3. The van der Waals surface area contributed by atoms with E-state index in [0.717, 1.165) is 48.5 Å². The third-order valence-electron chi connectivity index (χ3n) is 7.72. The van der Waals surface area contributed by atoms with E-state index in [9.17, 15) is 18.0 Å². The summed E-state index contributed by atoms with van der Waals surface area (Å²) in [7, 11) is 0. The van der Waals surface area contributed by atoms with Gasteiger partial charge < -0.3 is 19.9 Å². The fourth-order valence-electron chi connectivity index (χ4n) is 5.47. The molecule has 1 saturated heterocycles. The topological polar surface area (TPSA) is 68.6 Å². The van der Waals surface area contributed by atoms with Gasteiger partial charge in [-0.2, -0.15) is 18.4 Å². The van der Waals surface area contributed by atoms with Crippen molar-refractivity contribution in [1.29, 1.82) is 5.26 Å². The number of fused-ring (bicyclic) bond motifs is 1. The van der Waals surface area contributed by atoms with Crippen LogP contribution >= 0.6 is 11.6 Å². The fourth-order valence-corrected chi connectivity index (χ4v) is 5.65. The second-order valence-corrected chi connectivity index (χ2v) is 10.8. The zero-order valence-corrected chi connectivity index (χ0v) is 22.6. The molecule has 1 aliphatic heterocycles. The van der Waals surface area contributed by atoms with Crippen LogP contribution in [0, 0.1) is 11.3 Å². The van der Waals surface area contributed by atoms with Gasteiger partial charge in [-0.3, -0.25) is 4.79 Å². The van der Waals surface area contributed by atoms with Gasteiger partial charge in [-0.15, -0.1) is 0 Å². The van der Waals surface area contributed by atoms with Gasteiger partial charge in [-0.25, -0.2) is 0 Å². The average Bonchev–Trinajstić information content (AvgIpc) is 2.96. The SMILES string of the molecule is N#Cc1ccc(NC2CCC(OCC(=O)N3CCN(c4ccc5cc(Cl)ccc5c4)CC3)CC2)cc1C(F)(F)F. The molecule has 0 spiro atoms. The first kappa shape index (κ1) is 28.1. The van der Waals surface area contributed by atoms with Gasteiger partial charge in [0.2, 0.25) is 5.91 Å². The average molecular weight is 571 g/mol. The monoisotopic (exact) mass is 570 g/mol. The van der Waals surface area contributed by atoms with Crippen LogP contribution in [0.2, 0.25) is 5.02 Å². The van der Waals surface area contributed by atoms with E-state index in [-0.39, 0.29) is 30.2 Å². The summed E-state index contributed by atoms with van der Waals surface area (Å²) < 4.78 is 45.7. The second kappa shape index (κ2) is 11.9. The van der Waals surface area contributed by atoms with Crippen LogP contribution in [0.5, 0.6) is 0 Å². The Morgan fingerprint density at radius 1 is 0.975 bits per heavy atom. The first-order valence-corrected chi connectivity index (χ1v) is 13.8. The van der Waals surface area contributed by atoms with Crippen molar-refractivity contribution in [3.63, 3.8) is 0 Å². The molecule has 0 bridgehead atoms. The Hall–Kier alpha value is -3.48. The highest BCUT2D eigenvalue weighted by atomic mass is 35.5. The van der Waals surface area contributed by atoms with Crippen LogP contribution in [0.15, 0.2) is 54.6 Å². The van der Waals surface area contributed by atoms with Crippen LogP contribution in [0.4, 0.5) is 24.5 Å². The smallest absolute Gasteiger partial charge is 0.382 e. The van der Waals surface area contributed by atoms with Gasteiger partial charge in [-0.05, 0) is 78.9 Å². The zero-order chi connectivity index (χ0) is 28.3. The summed E-state index contributed by atoms with van der Waals surface area (Å²) in [4.78, 5) is 16.9. The lowest BCUT2D eigenvalue weighted by molar-refractivity contribution is -0.139. The summed E-state index contributed by atoms with van der Waals surface area (Å²) in [5.41, 5.74) is 0.150. The number of anilines is 2. The van der Waals surface area contributed by atoms with Crippen LogP contribution in [-0.2, 0) is 15.7 Å². The largest absolute Gasteiger partial charge is 0.417 e. The summed E-state index contributed by atoms with van der Waals surface area (Å²) in [6.07, 6.45) is -1.77. The van der Waals surface area contributed by atoms with E-state index in [2.05, 4.69) is 28.4 Å². The van der Waals surface area contributed by atoms with Crippen LogP contribution in [0.3, 0.4) is 0 Å². The molecule has 0 radical (unpaired) electrons. The van der Waals surface area contributed by atoms with E-state index >= 15 is 0 Å². The van der Waals surface area contributed by atoms with Crippen molar-refractivity contribution in [2.45, 2.75) is 44.0 Å². The van der Waals surface area contributed by atoms with E-state index in [1.807, 2.05) is 23.1 Å². The normalized spacial score (nSPS) is 19.9. The van der Waals surface area contributed by atoms with Crippen molar-refractivity contribution in [1.82, 2.24) is 4.90 Å². The number of nitriles is 1. The maximum atomic E-state index is 13.3. The van der Waals surface area contributed by atoms with Crippen LogP contribution in [0.1, 0.15) is 36.8 Å². The van der Waals surface area contributed by atoms with E-state index in [1.165, 1.54) is 12.1 Å². The van der Waals surface area contributed by atoms with Crippen molar-refractivity contribution < 1.29 is 22.7 Å². The zero-order valence-electron chi connectivity index (χ0n) is 21.9. The molecule has 210 valence electrons. The molecule has 1 amide bonds. The van der Waals surface area contributed by atoms with E-state index in [1.54, 1.807) is 6.07 Å². The number of nitrogens with zero attached hydrogens (tertiary/aromatic N) is 3. The number of hydrogen-bond acceptors (Lipinski definition) is 5. The van der Waals surface area contributed by atoms with Crippen molar-refractivity contribution in [2.24, 2.45) is 0 Å². The Kier molecular flexibility index (Phi) is 8.38. The predicted molar refractivity (Wildman–Crippen MR) is 150 cm³/mol. The maximum Gasteiger partial charge on any atom is 0.417 e. The van der Waals surface area contributed by atoms with Gasteiger partial charge in [0.15, 0.2) is 0 Å². The molecular weight excluding hydrogens is 541 g/mol. The van der Waals surface area contributed by atoms with Gasteiger partial charge in [0.25, 0.3) is 0 Å². The summed E-state index contributed by atoms with van der Waals surface area (Å²) in [5, 5.41) is 15.1. The summed E-state index contributed by atoms with van der Waals surface area (Å²) in [6, 6.07) is 17.4. The highest BCUT2D eigenvalue weighted by molar-refractivity contribution is 6.31. The number of nitrogens with one attached hydrogen (secondary N) is 1. The van der Waals surface area contributed by atoms with Crippen molar-refractivity contribution in [3.8, 4) is 6.07 Å². The number of amides is 1. The Balaban J connectivity index is 1.05. The van der Waals surface area contributed by atoms with Crippen molar-refractivity contribution in [3.05, 3.63) is 70.7 Å². The van der Waals surface area contributed by atoms with Crippen LogP contribution in [-0.4, -0.2) is 55.7 Å². The number of rotatable bonds is 6. The molecule has 1 aliphatic carbocycles. The van der Waals surface area contributed by atoms with E-state index in [0.29, 0.717) is 36.6 Å². The van der Waals surface area contributed by atoms with E-state index < -0.39 is 11.7 Å². The highest BCUT2D eigenvalue weighted by Crippen LogP contribution is 2.34. The quantitative estimate of drug-likeness (QED) is 0.368. The lowest BCUT2D eigenvalue weighted by atomic mass is 9.92. The number of ether oxygens (including phenoxy) is 1. The Labute approximate surface area is 236 Å². The first-order chi connectivity index (χ1) is 19.2. The third-order valence-corrected chi connectivity index (χ3v) is 7.95. The van der Waals surface area contributed by atoms with Gasteiger partial charge >= 0.3 is 6.18 Å². The molecule has 1 saturated carbocycles. The number of carbonyl (C=O) groups excluding carboxylic acids is 1. The Bertz CT molecular complexity index is 1410. The van der Waals surface area contributed by atoms with Gasteiger partial charge in [0.05, 0.1) is 23.3 Å². The molecule has 0 aromatic heterocycles. The first-order valence-electron chi connectivity index (χ1n) is 13.4. The highest BCUT2D eigenvalue weighted by Gasteiger charge is 2.34. The molecule has 2 aliphatic rings. The molecule has 0 unspecified atom stereocenters. The summed E-state index contributed by atoms with van der Waals surface area (Å²) in [5.74, 6) is -0.0229. The summed E-state index contributed by atoms with van der Waals surface area (Å²) in [6.45, 7) is 2.77. The molecule has 3 aromatic rings. The third kappa shape index (κ3) is 6.62. The minimum absolute atomic E-state index is 0.00439. The second-order valence-electron chi connectivity index (χ2n) is 10.3. The van der Waals surface area contributed by atoms with E-state index in [4.69, 9.17) is 21.6 Å². The summed E-state index contributed by atoms with van der Waals surface area (Å²) >= 11 is 6.09. The number of hydrogen-bond donors (Lipinski definition) is 1. The minimum Gasteiger partial charge on any atom is -0.382 e. The maximum absolute atomic E-state index is 13.3. The van der Waals surface area contributed by atoms with Crippen LogP contribution in [0.25, 0.3) is 10.8 Å². The standard InChI is InChI=1S/C30H30ClF3N4O2/c31-23-4-1-21-16-26(8-3-20(21)15-23)37-11-13-38(14-12-37)29(39)19-40-27-9-6-24(7-10-27)36-25-5-2-22(18-35)28(17-25)30(32,33)34/h1-5,8,15-17,24,27,36H,6-7,9-14,19H2. The fraction of sp³-hybridized carbons (Fsp3) is 0.400. The molecule has 0 atom stereocenters. The van der Waals surface area contributed by atoms with Gasteiger partial charge in [-0.1, -0.05) is 23.7 Å². The molecule has 6 nitrogen and oxygen atoms in total. The molecular formula is C30H30ClF3N4O2. The Morgan fingerprint density at radius 2 is 1.68 bits per heavy atom. The number of alkyl halides is 3. The number of piperazine rings is 1. The molecule has 1 N–H and O–H groups in total. The van der Waals surface area contributed by atoms with Gasteiger partial charge in [0.1, 0.15) is 6.61 Å². The molecule has 1 heterocycles. The molecule has 3 aromatic carbocycles. The minimum atomic E-state index is -4.58. The number of halogens is 4. The number of carbonyl (C=O) groups is 1. The molecule has 5 rings (SSSR count). The van der Waals surface area contributed by atoms with Crippen molar-refractivity contribution in [2.75, 3.05) is 43.0 Å². The Morgan fingerprint density at radius 3 is 2.38 bits per heavy atom. The lowest BCUT2D eigenvalue weighted by Crippen LogP contribution is -2.50. The molecule has 40 heavy (non-hydrogen) atoms. The van der Waals surface area contributed by atoms with Crippen molar-refractivity contribution >= 4 is 39.7 Å². The van der Waals surface area contributed by atoms with Crippen LogP contribution < -0.4 is 10.2 Å². The lowest BCUT2D eigenvalue weighted by Gasteiger charge is -2.36. The molecule has 2 fully saturated rings. The van der Waals surface area contributed by atoms with Gasteiger partial charge in [0, 0.05) is 48.6 Å².